The van der Waals surface area contributed by atoms with Crippen LogP contribution in [0, 0.1) is 6.92 Å². The summed E-state index contributed by atoms with van der Waals surface area (Å²) < 4.78 is 0. The standard InChI is InChI=1S/C14H21N3O/c1-11-13(4-3-5-14(11)15)10-16-6-8-17(9-7-16)12(2)18/h3-5H,6-10,15H2,1-2H3. The van der Waals surface area contributed by atoms with Gasteiger partial charge in [0.1, 0.15) is 0 Å². The minimum absolute atomic E-state index is 0.176. The summed E-state index contributed by atoms with van der Waals surface area (Å²) in [5, 5.41) is 0. The molecule has 4 nitrogen and oxygen atoms in total. The highest BCUT2D eigenvalue weighted by Gasteiger charge is 2.18. The van der Waals surface area contributed by atoms with Crippen molar-refractivity contribution in [2.24, 2.45) is 0 Å². The highest BCUT2D eigenvalue weighted by Crippen LogP contribution is 2.18. The van der Waals surface area contributed by atoms with E-state index in [1.807, 2.05) is 17.0 Å². The van der Waals surface area contributed by atoms with Crippen LogP contribution in [0.2, 0.25) is 0 Å². The molecule has 0 atom stereocenters. The van der Waals surface area contributed by atoms with Crippen molar-refractivity contribution in [1.82, 2.24) is 9.80 Å². The molecule has 1 aromatic carbocycles. The lowest BCUT2D eigenvalue weighted by atomic mass is 10.1. The van der Waals surface area contributed by atoms with E-state index in [-0.39, 0.29) is 5.91 Å². The summed E-state index contributed by atoms with van der Waals surface area (Å²) in [6.45, 7) is 8.16. The van der Waals surface area contributed by atoms with Crippen molar-refractivity contribution in [1.29, 1.82) is 0 Å². The number of piperazine rings is 1. The first-order valence-electron chi connectivity index (χ1n) is 6.40. The Morgan fingerprint density at radius 2 is 1.94 bits per heavy atom. The largest absolute Gasteiger partial charge is 0.399 e. The van der Waals surface area contributed by atoms with E-state index in [2.05, 4.69) is 17.9 Å². The molecule has 0 aliphatic carbocycles. The van der Waals surface area contributed by atoms with Crippen LogP contribution in [0.5, 0.6) is 0 Å². The van der Waals surface area contributed by atoms with E-state index in [1.54, 1.807) is 6.92 Å². The van der Waals surface area contributed by atoms with Crippen LogP contribution in [-0.4, -0.2) is 41.9 Å². The van der Waals surface area contributed by atoms with Crippen LogP contribution < -0.4 is 5.73 Å². The molecule has 98 valence electrons. The fourth-order valence-corrected chi connectivity index (χ4v) is 2.34. The first-order valence-corrected chi connectivity index (χ1v) is 6.40. The molecule has 1 aliphatic rings. The van der Waals surface area contributed by atoms with E-state index >= 15 is 0 Å². The fraction of sp³-hybridized carbons (Fsp3) is 0.500. The quantitative estimate of drug-likeness (QED) is 0.800. The predicted molar refractivity (Wildman–Crippen MR) is 73.1 cm³/mol. The predicted octanol–water partition coefficient (Wildman–Crippen LogP) is 1.24. The molecule has 0 spiro atoms. The van der Waals surface area contributed by atoms with Crippen LogP contribution in [-0.2, 0) is 11.3 Å². The molecule has 4 heteroatoms. The summed E-state index contributed by atoms with van der Waals surface area (Å²) >= 11 is 0. The molecule has 1 aromatic rings. The van der Waals surface area contributed by atoms with Gasteiger partial charge in [0.15, 0.2) is 0 Å². The number of nitrogens with zero attached hydrogens (tertiary/aromatic N) is 2. The molecule has 0 saturated carbocycles. The molecule has 1 heterocycles. The number of amides is 1. The van der Waals surface area contributed by atoms with Crippen LogP contribution in [0.1, 0.15) is 18.1 Å². The van der Waals surface area contributed by atoms with E-state index in [0.29, 0.717) is 0 Å². The number of hydrogen-bond acceptors (Lipinski definition) is 3. The molecule has 18 heavy (non-hydrogen) atoms. The number of nitrogen functional groups attached to an aromatic ring is 1. The summed E-state index contributed by atoms with van der Waals surface area (Å²) in [4.78, 5) is 15.5. The average molecular weight is 247 g/mol. The molecule has 2 rings (SSSR count). The monoisotopic (exact) mass is 247 g/mol. The molecule has 1 saturated heterocycles. The van der Waals surface area contributed by atoms with Crippen molar-refractivity contribution < 1.29 is 4.79 Å². The minimum atomic E-state index is 0.176. The third-order valence-electron chi connectivity index (χ3n) is 3.70. The fourth-order valence-electron chi connectivity index (χ4n) is 2.34. The van der Waals surface area contributed by atoms with Crippen molar-refractivity contribution in [3.8, 4) is 0 Å². The summed E-state index contributed by atoms with van der Waals surface area (Å²) in [5.41, 5.74) is 9.23. The topological polar surface area (TPSA) is 49.6 Å². The van der Waals surface area contributed by atoms with Gasteiger partial charge in [-0.05, 0) is 24.1 Å². The number of nitrogens with two attached hydrogens (primary N) is 1. The molecule has 0 aromatic heterocycles. The number of hydrogen-bond donors (Lipinski definition) is 1. The zero-order chi connectivity index (χ0) is 13.1. The molecule has 2 N–H and O–H groups in total. The Morgan fingerprint density at radius 3 is 2.56 bits per heavy atom. The van der Waals surface area contributed by atoms with Gasteiger partial charge in [-0.3, -0.25) is 9.69 Å². The highest BCUT2D eigenvalue weighted by atomic mass is 16.2. The zero-order valence-electron chi connectivity index (χ0n) is 11.1. The van der Waals surface area contributed by atoms with Gasteiger partial charge in [0.25, 0.3) is 0 Å². The van der Waals surface area contributed by atoms with E-state index in [1.165, 1.54) is 11.1 Å². The first-order chi connectivity index (χ1) is 8.58. The number of carbonyl (C=O) groups excluding carboxylic acids is 1. The van der Waals surface area contributed by atoms with Gasteiger partial charge in [0.2, 0.25) is 5.91 Å². The second kappa shape index (κ2) is 5.40. The maximum Gasteiger partial charge on any atom is 0.219 e. The van der Waals surface area contributed by atoms with E-state index < -0.39 is 0 Å². The maximum atomic E-state index is 11.3. The van der Waals surface area contributed by atoms with Gasteiger partial charge in [-0.1, -0.05) is 12.1 Å². The van der Waals surface area contributed by atoms with Gasteiger partial charge in [-0.2, -0.15) is 0 Å². The number of carbonyl (C=O) groups is 1. The van der Waals surface area contributed by atoms with Gasteiger partial charge in [0.05, 0.1) is 0 Å². The second-order valence-corrected chi connectivity index (χ2v) is 4.91. The van der Waals surface area contributed by atoms with Gasteiger partial charge in [-0.15, -0.1) is 0 Å². The Hall–Kier alpha value is -1.55. The number of benzene rings is 1. The lowest BCUT2D eigenvalue weighted by Gasteiger charge is -2.34. The van der Waals surface area contributed by atoms with Crippen LogP contribution >= 0.6 is 0 Å². The minimum Gasteiger partial charge on any atom is -0.399 e. The lowest BCUT2D eigenvalue weighted by Crippen LogP contribution is -2.47. The van der Waals surface area contributed by atoms with Crippen LogP contribution in [0.3, 0.4) is 0 Å². The first kappa shape index (κ1) is 12.9. The molecule has 0 bridgehead atoms. The van der Waals surface area contributed by atoms with E-state index in [9.17, 15) is 4.79 Å². The highest BCUT2D eigenvalue weighted by molar-refractivity contribution is 5.73. The van der Waals surface area contributed by atoms with Crippen LogP contribution in [0.4, 0.5) is 5.69 Å². The van der Waals surface area contributed by atoms with Gasteiger partial charge in [-0.25, -0.2) is 0 Å². The van der Waals surface area contributed by atoms with Gasteiger partial charge >= 0.3 is 0 Å². The SMILES string of the molecule is CC(=O)N1CCN(Cc2cccc(N)c2C)CC1. The van der Waals surface area contributed by atoms with Crippen LogP contribution in [0.15, 0.2) is 18.2 Å². The third kappa shape index (κ3) is 2.82. The molecule has 0 unspecified atom stereocenters. The smallest absolute Gasteiger partial charge is 0.219 e. The summed E-state index contributed by atoms with van der Waals surface area (Å²) in [5.74, 6) is 0.176. The summed E-state index contributed by atoms with van der Waals surface area (Å²) in [6.07, 6.45) is 0. The van der Waals surface area contributed by atoms with Crippen molar-refractivity contribution >= 4 is 11.6 Å². The van der Waals surface area contributed by atoms with Gasteiger partial charge in [0, 0.05) is 45.3 Å². The van der Waals surface area contributed by atoms with Gasteiger partial charge < -0.3 is 10.6 Å². The Bertz CT molecular complexity index is 437. The second-order valence-electron chi connectivity index (χ2n) is 4.91. The van der Waals surface area contributed by atoms with Crippen LogP contribution in [0.25, 0.3) is 0 Å². The Labute approximate surface area is 108 Å². The molecular weight excluding hydrogens is 226 g/mol. The number of rotatable bonds is 2. The van der Waals surface area contributed by atoms with Crippen molar-refractivity contribution in [3.63, 3.8) is 0 Å². The average Bonchev–Trinajstić information content (AvgIpc) is 2.36. The molecule has 1 aliphatic heterocycles. The van der Waals surface area contributed by atoms with Crippen molar-refractivity contribution in [3.05, 3.63) is 29.3 Å². The van der Waals surface area contributed by atoms with E-state index in [0.717, 1.165) is 38.4 Å². The maximum absolute atomic E-state index is 11.3. The molecule has 0 radical (unpaired) electrons. The Morgan fingerprint density at radius 1 is 1.28 bits per heavy atom. The van der Waals surface area contributed by atoms with Crippen molar-refractivity contribution in [2.45, 2.75) is 20.4 Å². The molecule has 1 amide bonds. The van der Waals surface area contributed by atoms with E-state index in [4.69, 9.17) is 5.73 Å². The third-order valence-corrected chi connectivity index (χ3v) is 3.70. The summed E-state index contributed by atoms with van der Waals surface area (Å²) in [6, 6.07) is 6.07. The molecular formula is C14H21N3O. The molecule has 1 fully saturated rings. The number of anilines is 1. The zero-order valence-corrected chi connectivity index (χ0v) is 11.1. The normalized spacial score (nSPS) is 16.9. The Kier molecular flexibility index (Phi) is 3.87. The lowest BCUT2D eigenvalue weighted by molar-refractivity contribution is -0.130. The van der Waals surface area contributed by atoms with Crippen molar-refractivity contribution in [2.75, 3.05) is 31.9 Å². The Balaban J connectivity index is 1.96. The summed E-state index contributed by atoms with van der Waals surface area (Å²) in [7, 11) is 0.